The third kappa shape index (κ3) is 6.46. The lowest BCUT2D eigenvalue weighted by atomic mass is 9.69. The SMILES string of the molecule is CN1C(=O)[C@@H]2[C@@H](CC(CO[Si](c3ccccc3)(c3ccccc3)C(C)(C)C)=C3[C@@H](CC/C(=C/c4ccc(O)c(F)c4)c4ccccn4)OC[C@@H]32)C1=O. The Labute approximate surface area is 305 Å². The van der Waals surface area contributed by atoms with Crippen LogP contribution in [0, 0.1) is 23.6 Å². The van der Waals surface area contributed by atoms with Gasteiger partial charge < -0.3 is 14.3 Å². The number of halogens is 1. The van der Waals surface area contributed by atoms with Gasteiger partial charge in [0.1, 0.15) is 0 Å². The molecule has 4 atom stereocenters. The van der Waals surface area contributed by atoms with E-state index in [-0.39, 0.29) is 28.9 Å². The molecule has 3 heterocycles. The Kier molecular flexibility index (Phi) is 9.86. The van der Waals surface area contributed by atoms with Crippen molar-refractivity contribution in [3.63, 3.8) is 0 Å². The third-order valence-electron chi connectivity index (χ3n) is 11.1. The maximum Gasteiger partial charge on any atom is 0.261 e. The Hall–Kier alpha value is -4.70. The van der Waals surface area contributed by atoms with Gasteiger partial charge in [0.2, 0.25) is 11.8 Å². The van der Waals surface area contributed by atoms with Gasteiger partial charge in [0.25, 0.3) is 8.32 Å². The number of phenolic OH excluding ortho intramolecular Hbond substituents is 1. The minimum absolute atomic E-state index is 0.137. The van der Waals surface area contributed by atoms with Crippen molar-refractivity contribution in [3.05, 3.63) is 131 Å². The number of benzene rings is 3. The van der Waals surface area contributed by atoms with Crippen LogP contribution in [0.25, 0.3) is 11.6 Å². The second-order valence-electron chi connectivity index (χ2n) is 15.1. The maximum absolute atomic E-state index is 14.3. The van der Waals surface area contributed by atoms with Crippen LogP contribution in [0.3, 0.4) is 0 Å². The number of fused-ring (bicyclic) bond motifs is 3. The van der Waals surface area contributed by atoms with Crippen LogP contribution in [-0.2, 0) is 18.8 Å². The molecule has 1 N–H and O–H groups in total. The quantitative estimate of drug-likeness (QED) is 0.111. The lowest BCUT2D eigenvalue weighted by molar-refractivity contribution is -0.138. The number of imide groups is 1. The molecule has 7 nitrogen and oxygen atoms in total. The summed E-state index contributed by atoms with van der Waals surface area (Å²) in [6.45, 7) is 7.42. The molecule has 2 aliphatic heterocycles. The van der Waals surface area contributed by atoms with Crippen molar-refractivity contribution < 1.29 is 28.2 Å². The monoisotopic (exact) mass is 716 g/mol. The summed E-state index contributed by atoms with van der Waals surface area (Å²) in [5, 5.41) is 11.9. The molecule has 1 aliphatic carbocycles. The number of aromatic hydroxyl groups is 1. The highest BCUT2D eigenvalue weighted by Gasteiger charge is 2.57. The first-order valence-corrected chi connectivity index (χ1v) is 19.9. The van der Waals surface area contributed by atoms with E-state index >= 15 is 0 Å². The lowest BCUT2D eigenvalue weighted by Crippen LogP contribution is -2.66. The fourth-order valence-electron chi connectivity index (χ4n) is 8.65. The summed E-state index contributed by atoms with van der Waals surface area (Å²) in [6, 6.07) is 31.0. The average molecular weight is 717 g/mol. The number of rotatable bonds is 10. The van der Waals surface area contributed by atoms with Crippen molar-refractivity contribution in [1.29, 1.82) is 0 Å². The van der Waals surface area contributed by atoms with E-state index in [9.17, 15) is 19.1 Å². The van der Waals surface area contributed by atoms with Crippen LogP contribution in [0.2, 0.25) is 5.04 Å². The second kappa shape index (κ2) is 14.4. The van der Waals surface area contributed by atoms with Crippen molar-refractivity contribution in [2.75, 3.05) is 20.3 Å². The molecule has 2 amide bonds. The van der Waals surface area contributed by atoms with Crippen molar-refractivity contribution >= 4 is 42.2 Å². The Balaban J connectivity index is 1.27. The van der Waals surface area contributed by atoms with E-state index in [0.717, 1.165) is 22.4 Å². The number of carbonyl (C=O) groups is 2. The highest BCUT2D eigenvalue weighted by molar-refractivity contribution is 6.99. The molecule has 9 heteroatoms. The number of allylic oxidation sites excluding steroid dienone is 1. The second-order valence-corrected chi connectivity index (χ2v) is 19.5. The normalized spacial score (nSPS) is 22.2. The number of aromatic nitrogens is 1. The first kappa shape index (κ1) is 35.7. The zero-order valence-electron chi connectivity index (χ0n) is 30.1. The van der Waals surface area contributed by atoms with Crippen molar-refractivity contribution in [2.24, 2.45) is 17.8 Å². The zero-order valence-corrected chi connectivity index (χ0v) is 31.1. The predicted octanol–water partition coefficient (Wildman–Crippen LogP) is 6.77. The summed E-state index contributed by atoms with van der Waals surface area (Å²) >= 11 is 0. The van der Waals surface area contributed by atoms with E-state index in [4.69, 9.17) is 9.16 Å². The number of likely N-dealkylation sites (tertiary alicyclic amines) is 1. The van der Waals surface area contributed by atoms with Gasteiger partial charge in [-0.05, 0) is 87.3 Å². The molecular formula is C43H45FN2O5Si. The van der Waals surface area contributed by atoms with E-state index in [0.29, 0.717) is 38.0 Å². The number of pyridine rings is 1. The van der Waals surface area contributed by atoms with Gasteiger partial charge in [-0.25, -0.2) is 4.39 Å². The topological polar surface area (TPSA) is 89.0 Å². The molecular weight excluding hydrogens is 672 g/mol. The Morgan fingerprint density at radius 2 is 1.63 bits per heavy atom. The molecule has 0 bridgehead atoms. The molecule has 0 unspecified atom stereocenters. The summed E-state index contributed by atoms with van der Waals surface area (Å²) in [5.41, 5.74) is 4.38. The van der Waals surface area contributed by atoms with Gasteiger partial charge in [0.05, 0.1) is 36.8 Å². The fourth-order valence-corrected chi connectivity index (χ4v) is 13.2. The lowest BCUT2D eigenvalue weighted by Gasteiger charge is -2.44. The van der Waals surface area contributed by atoms with Crippen molar-refractivity contribution in [3.8, 4) is 5.75 Å². The van der Waals surface area contributed by atoms with Gasteiger partial charge in [-0.2, -0.15) is 0 Å². The average Bonchev–Trinajstić information content (AvgIpc) is 3.67. The molecule has 0 saturated carbocycles. The maximum atomic E-state index is 14.3. The third-order valence-corrected chi connectivity index (χ3v) is 16.1. The van der Waals surface area contributed by atoms with Crippen LogP contribution in [0.15, 0.2) is 114 Å². The number of ether oxygens (including phenoxy) is 1. The van der Waals surface area contributed by atoms with Gasteiger partial charge in [-0.15, -0.1) is 0 Å². The summed E-state index contributed by atoms with van der Waals surface area (Å²) in [7, 11) is -1.32. The molecule has 3 aliphatic rings. The van der Waals surface area contributed by atoms with E-state index in [1.165, 1.54) is 27.4 Å². The molecule has 2 fully saturated rings. The van der Waals surface area contributed by atoms with Gasteiger partial charge in [0.15, 0.2) is 11.6 Å². The summed E-state index contributed by atoms with van der Waals surface area (Å²) in [4.78, 5) is 33.0. The highest BCUT2D eigenvalue weighted by Crippen LogP contribution is 2.50. The molecule has 3 aromatic carbocycles. The van der Waals surface area contributed by atoms with Crippen LogP contribution in [0.1, 0.15) is 51.3 Å². The number of phenols is 1. The number of carbonyl (C=O) groups excluding carboxylic acids is 2. The van der Waals surface area contributed by atoms with Gasteiger partial charge in [-0.1, -0.05) is 93.6 Å². The summed E-state index contributed by atoms with van der Waals surface area (Å²) < 4.78 is 28.4. The minimum Gasteiger partial charge on any atom is -0.505 e. The van der Waals surface area contributed by atoms with Gasteiger partial charge >= 0.3 is 0 Å². The van der Waals surface area contributed by atoms with E-state index in [1.54, 1.807) is 19.3 Å². The summed E-state index contributed by atoms with van der Waals surface area (Å²) in [5.74, 6) is -2.50. The number of hydrogen-bond donors (Lipinski definition) is 1. The van der Waals surface area contributed by atoms with Crippen LogP contribution < -0.4 is 10.4 Å². The first-order chi connectivity index (χ1) is 25.0. The van der Waals surface area contributed by atoms with Crippen molar-refractivity contribution in [2.45, 2.75) is 51.2 Å². The standard InChI is InChI=1S/C43H45FN2O5Si/c1-43(2,3)52(31-13-7-5-8-14-31,32-15-9-6-10-16-32)51-26-30-25-33-40(42(49)46(4)41(33)48)34-27-50-38(39(30)34)21-19-29(36-17-11-12-22-45-36)23-28-18-20-37(47)35(44)24-28/h5-18,20,22-24,33-34,38,40,47H,19,21,25-27H2,1-4H3/b29-23-/t33-,34+,38-,40-/m1/s1. The Morgan fingerprint density at radius 3 is 2.25 bits per heavy atom. The number of nitrogens with zero attached hydrogens (tertiary/aromatic N) is 2. The molecule has 1 aromatic heterocycles. The Morgan fingerprint density at radius 1 is 0.962 bits per heavy atom. The molecule has 52 heavy (non-hydrogen) atoms. The molecule has 2 saturated heterocycles. The number of hydrogen-bond acceptors (Lipinski definition) is 6. The van der Waals surface area contributed by atoms with Crippen LogP contribution in [0.4, 0.5) is 4.39 Å². The Bertz CT molecular complexity index is 1970. The van der Waals surface area contributed by atoms with E-state index in [2.05, 4.69) is 74.3 Å². The zero-order chi connectivity index (χ0) is 36.6. The molecule has 0 spiro atoms. The van der Waals surface area contributed by atoms with Gasteiger partial charge in [0, 0.05) is 19.2 Å². The van der Waals surface area contributed by atoms with Gasteiger partial charge in [-0.3, -0.25) is 19.5 Å². The molecule has 0 radical (unpaired) electrons. The number of amides is 2. The fraction of sp³-hybridized carbons (Fsp3) is 0.326. The van der Waals surface area contributed by atoms with Crippen LogP contribution in [-0.4, -0.2) is 61.5 Å². The molecule has 4 aromatic rings. The van der Waals surface area contributed by atoms with Crippen LogP contribution >= 0.6 is 0 Å². The predicted molar refractivity (Wildman–Crippen MR) is 203 cm³/mol. The summed E-state index contributed by atoms with van der Waals surface area (Å²) in [6.07, 6.45) is 4.91. The van der Waals surface area contributed by atoms with Crippen molar-refractivity contribution in [1.82, 2.24) is 9.88 Å². The molecule has 7 rings (SSSR count). The highest BCUT2D eigenvalue weighted by atomic mass is 28.4. The van der Waals surface area contributed by atoms with E-state index < -0.39 is 31.7 Å². The first-order valence-electron chi connectivity index (χ1n) is 18.0. The van der Waals surface area contributed by atoms with Crippen LogP contribution in [0.5, 0.6) is 5.75 Å². The largest absolute Gasteiger partial charge is 0.505 e. The van der Waals surface area contributed by atoms with E-state index in [1.807, 2.05) is 36.4 Å². The smallest absolute Gasteiger partial charge is 0.261 e. The molecule has 268 valence electrons. The minimum atomic E-state index is -2.91.